The van der Waals surface area contributed by atoms with Crippen LogP contribution in [0.1, 0.15) is 83.7 Å². The van der Waals surface area contributed by atoms with E-state index in [1.807, 2.05) is 38.1 Å². The van der Waals surface area contributed by atoms with E-state index < -0.39 is 5.92 Å². The van der Waals surface area contributed by atoms with Crippen molar-refractivity contribution in [1.82, 2.24) is 4.57 Å². The molecular formula is C33H43F2NO. The molecule has 37 heavy (non-hydrogen) atoms. The number of alkyl halides is 2. The van der Waals surface area contributed by atoms with Crippen molar-refractivity contribution < 1.29 is 13.9 Å². The first-order valence-electron chi connectivity index (χ1n) is 13.7. The van der Waals surface area contributed by atoms with Gasteiger partial charge in [0.05, 0.1) is 5.69 Å². The van der Waals surface area contributed by atoms with Gasteiger partial charge < -0.3 is 9.67 Å². The fraction of sp³-hybridized carbons (Fsp3) is 0.455. The summed E-state index contributed by atoms with van der Waals surface area (Å²) in [6.07, 6.45) is 4.23. The highest BCUT2D eigenvalue weighted by Crippen LogP contribution is 2.47. The van der Waals surface area contributed by atoms with Gasteiger partial charge in [0.2, 0.25) is 0 Å². The quantitative estimate of drug-likeness (QED) is 0.316. The van der Waals surface area contributed by atoms with Crippen molar-refractivity contribution in [3.63, 3.8) is 0 Å². The minimum absolute atomic E-state index is 0.0124. The molecule has 4 rings (SSSR count). The Bertz CT molecular complexity index is 1220. The zero-order valence-electron chi connectivity index (χ0n) is 23.5. The molecule has 0 saturated carbocycles. The average Bonchev–Trinajstić information content (AvgIpc) is 3.27. The van der Waals surface area contributed by atoms with Gasteiger partial charge in [0.15, 0.2) is 0 Å². The molecule has 0 saturated heterocycles. The molecule has 1 N–H and O–H groups in total. The fourth-order valence-corrected chi connectivity index (χ4v) is 5.73. The van der Waals surface area contributed by atoms with Crippen molar-refractivity contribution in [2.24, 2.45) is 17.3 Å². The third kappa shape index (κ3) is 5.68. The fourth-order valence-electron chi connectivity index (χ4n) is 5.73. The minimum atomic E-state index is -2.87. The number of nitrogens with zero attached hydrogens (tertiary/aromatic N) is 1. The lowest BCUT2D eigenvalue weighted by atomic mass is 9.62. The Morgan fingerprint density at radius 1 is 1.08 bits per heavy atom. The van der Waals surface area contributed by atoms with Gasteiger partial charge in [0.25, 0.3) is 5.92 Å². The molecule has 2 unspecified atom stereocenters. The van der Waals surface area contributed by atoms with Crippen LogP contribution in [0.2, 0.25) is 0 Å². The number of rotatable bonds is 7. The first-order valence-corrected chi connectivity index (χ1v) is 13.7. The largest absolute Gasteiger partial charge is 0.508 e. The molecule has 0 fully saturated rings. The van der Waals surface area contributed by atoms with E-state index in [2.05, 4.69) is 44.9 Å². The van der Waals surface area contributed by atoms with E-state index >= 15 is 0 Å². The maximum Gasteiger partial charge on any atom is 0.270 e. The van der Waals surface area contributed by atoms with Crippen LogP contribution in [0.5, 0.6) is 0 Å². The van der Waals surface area contributed by atoms with Crippen LogP contribution in [-0.4, -0.2) is 9.67 Å². The number of fused-ring (bicyclic) bond motifs is 1. The number of benzene rings is 2. The lowest BCUT2D eigenvalue weighted by molar-refractivity contribution is 0.0175. The Morgan fingerprint density at radius 3 is 2.27 bits per heavy atom. The molecule has 0 spiro atoms. The van der Waals surface area contributed by atoms with Crippen molar-refractivity contribution in [2.45, 2.75) is 80.1 Å². The predicted octanol–water partition coefficient (Wildman–Crippen LogP) is 9.99. The SMILES string of the molecule is C=C(O)c1cccc(-n2c(-c3ccc(C(C)(F)F)cc3)cc3c2CCC(C(C)(CC)C(C)C)C3)c1.CC. The van der Waals surface area contributed by atoms with Crippen LogP contribution in [-0.2, 0) is 18.8 Å². The third-order valence-electron chi connectivity index (χ3n) is 8.53. The summed E-state index contributed by atoms with van der Waals surface area (Å²) in [4.78, 5) is 0. The summed E-state index contributed by atoms with van der Waals surface area (Å²) in [6, 6.07) is 16.6. The van der Waals surface area contributed by atoms with E-state index in [-0.39, 0.29) is 16.7 Å². The van der Waals surface area contributed by atoms with Crippen LogP contribution in [0.4, 0.5) is 8.78 Å². The second-order valence-corrected chi connectivity index (χ2v) is 10.8. The van der Waals surface area contributed by atoms with Crippen LogP contribution in [0.25, 0.3) is 22.7 Å². The summed E-state index contributed by atoms with van der Waals surface area (Å²) in [6.45, 7) is 18.0. The van der Waals surface area contributed by atoms with Gasteiger partial charge in [-0.15, -0.1) is 0 Å². The Hall–Kier alpha value is -2.88. The molecule has 1 heterocycles. The Balaban J connectivity index is 0.00000186. The van der Waals surface area contributed by atoms with Crippen molar-refractivity contribution in [3.05, 3.63) is 83.6 Å². The molecule has 0 radical (unpaired) electrons. The maximum absolute atomic E-state index is 13.9. The normalized spacial score (nSPS) is 17.0. The van der Waals surface area contributed by atoms with E-state index in [1.165, 1.54) is 23.4 Å². The first-order chi connectivity index (χ1) is 17.5. The third-order valence-corrected chi connectivity index (χ3v) is 8.53. The Kier molecular flexibility index (Phi) is 8.72. The Labute approximate surface area is 222 Å². The van der Waals surface area contributed by atoms with Gasteiger partial charge in [-0.25, -0.2) is 8.78 Å². The molecule has 0 bridgehead atoms. The summed E-state index contributed by atoms with van der Waals surface area (Å²) in [5, 5.41) is 10.0. The lowest BCUT2D eigenvalue weighted by Gasteiger charge is -2.43. The molecule has 1 aromatic heterocycles. The molecule has 200 valence electrons. The lowest BCUT2D eigenvalue weighted by Crippen LogP contribution is -2.36. The van der Waals surface area contributed by atoms with E-state index in [0.29, 0.717) is 17.4 Å². The van der Waals surface area contributed by atoms with Gasteiger partial charge >= 0.3 is 0 Å². The van der Waals surface area contributed by atoms with E-state index in [9.17, 15) is 13.9 Å². The van der Waals surface area contributed by atoms with E-state index in [4.69, 9.17) is 0 Å². The first kappa shape index (κ1) is 28.7. The molecule has 2 atom stereocenters. The average molecular weight is 508 g/mol. The van der Waals surface area contributed by atoms with Crippen LogP contribution in [0, 0.1) is 17.3 Å². The molecule has 4 heteroatoms. The van der Waals surface area contributed by atoms with Gasteiger partial charge in [-0.3, -0.25) is 0 Å². The molecule has 1 aliphatic rings. The van der Waals surface area contributed by atoms with Crippen molar-refractivity contribution in [2.75, 3.05) is 0 Å². The molecule has 1 aliphatic carbocycles. The summed E-state index contributed by atoms with van der Waals surface area (Å²) < 4.78 is 30.0. The molecule has 0 aliphatic heterocycles. The minimum Gasteiger partial charge on any atom is -0.508 e. The predicted molar refractivity (Wildman–Crippen MR) is 153 cm³/mol. The second-order valence-electron chi connectivity index (χ2n) is 10.8. The van der Waals surface area contributed by atoms with Crippen molar-refractivity contribution in [3.8, 4) is 16.9 Å². The summed E-state index contributed by atoms with van der Waals surface area (Å²) >= 11 is 0. The van der Waals surface area contributed by atoms with Gasteiger partial charge in [-0.2, -0.15) is 0 Å². The van der Waals surface area contributed by atoms with Gasteiger partial charge in [-0.05, 0) is 65.8 Å². The van der Waals surface area contributed by atoms with Gasteiger partial charge in [-0.1, -0.05) is 90.9 Å². The van der Waals surface area contributed by atoms with E-state index in [1.54, 1.807) is 12.1 Å². The van der Waals surface area contributed by atoms with Crippen LogP contribution in [0.3, 0.4) is 0 Å². The zero-order chi connectivity index (χ0) is 27.5. The van der Waals surface area contributed by atoms with Gasteiger partial charge in [0.1, 0.15) is 5.76 Å². The summed E-state index contributed by atoms with van der Waals surface area (Å²) in [5.41, 5.74) is 6.38. The molecular weight excluding hydrogens is 464 g/mol. The highest BCUT2D eigenvalue weighted by molar-refractivity contribution is 5.68. The smallest absolute Gasteiger partial charge is 0.270 e. The standard InChI is InChI=1S/C31H37F2NO.C2H6/c1-7-30(5,20(2)3)26-15-16-28-24(17-26)19-29(22-11-13-25(14-12-22)31(6,32)33)34(28)27-10-8-9-23(18-27)21(4)35;1-2/h8-14,18-20,26,35H,4,7,15-17H2,1-3,5-6H3;1-2H3. The summed E-state index contributed by atoms with van der Waals surface area (Å²) in [5.74, 6) is -1.66. The second kappa shape index (κ2) is 11.2. The molecule has 2 aromatic carbocycles. The number of hydrogen-bond acceptors (Lipinski definition) is 1. The van der Waals surface area contributed by atoms with Crippen molar-refractivity contribution in [1.29, 1.82) is 0 Å². The summed E-state index contributed by atoms with van der Waals surface area (Å²) in [7, 11) is 0. The number of halogens is 2. The Morgan fingerprint density at radius 2 is 1.73 bits per heavy atom. The van der Waals surface area contributed by atoms with Crippen LogP contribution < -0.4 is 0 Å². The number of aliphatic hydroxyl groups excluding tert-OH is 1. The van der Waals surface area contributed by atoms with Crippen molar-refractivity contribution >= 4 is 5.76 Å². The molecule has 2 nitrogen and oxygen atoms in total. The highest BCUT2D eigenvalue weighted by Gasteiger charge is 2.38. The number of hydrogen-bond donors (Lipinski definition) is 1. The topological polar surface area (TPSA) is 25.2 Å². The molecule has 3 aromatic rings. The molecule has 0 amide bonds. The highest BCUT2D eigenvalue weighted by atomic mass is 19.3. The van der Waals surface area contributed by atoms with Gasteiger partial charge in [0, 0.05) is 29.4 Å². The van der Waals surface area contributed by atoms with E-state index in [0.717, 1.165) is 49.6 Å². The monoisotopic (exact) mass is 507 g/mol. The number of aromatic nitrogens is 1. The zero-order valence-corrected chi connectivity index (χ0v) is 23.5. The van der Waals surface area contributed by atoms with Crippen LogP contribution in [0.15, 0.2) is 61.2 Å². The van der Waals surface area contributed by atoms with Crippen LogP contribution >= 0.6 is 0 Å². The number of aliphatic hydroxyl groups is 1. The maximum atomic E-state index is 13.9.